The van der Waals surface area contributed by atoms with Crippen LogP contribution in [0.5, 0.6) is 0 Å². The van der Waals surface area contributed by atoms with Crippen molar-refractivity contribution in [2.75, 3.05) is 20.1 Å². The average molecular weight is 298 g/mol. The molecule has 1 aliphatic heterocycles. The number of imidazole rings is 1. The molecule has 0 bridgehead atoms. The molecule has 1 aliphatic rings. The summed E-state index contributed by atoms with van der Waals surface area (Å²) in [6.45, 7) is 2.21. The van der Waals surface area contributed by atoms with Crippen molar-refractivity contribution in [3.63, 3.8) is 0 Å². The summed E-state index contributed by atoms with van der Waals surface area (Å²) in [6.07, 6.45) is 3.67. The predicted molar refractivity (Wildman–Crippen MR) is 85.2 cm³/mol. The lowest BCUT2D eigenvalue weighted by molar-refractivity contribution is -0.125. The number of likely N-dealkylation sites (N-methyl/N-ethyl adjacent to an activating group) is 1. The van der Waals surface area contributed by atoms with Gasteiger partial charge in [-0.3, -0.25) is 4.79 Å². The van der Waals surface area contributed by atoms with Crippen molar-refractivity contribution in [1.29, 1.82) is 0 Å². The molecule has 1 aromatic heterocycles. The highest BCUT2D eigenvalue weighted by Crippen LogP contribution is 2.31. The first-order chi connectivity index (χ1) is 10.6. The fourth-order valence-corrected chi connectivity index (χ4v) is 3.17. The molecular formula is C17H22N4O. The van der Waals surface area contributed by atoms with Gasteiger partial charge in [0.1, 0.15) is 0 Å². The summed E-state index contributed by atoms with van der Waals surface area (Å²) in [4.78, 5) is 19.1. The molecular weight excluding hydrogens is 276 g/mol. The second-order valence-corrected chi connectivity index (χ2v) is 6.09. The standard InChI is InChI=1S/C17H22N4O/c1-20-10-15(13-6-4-3-5-7-13)16(11-20)17(22)18-8-14-9-21(2)12-19-14/h3-7,9,12,15-16H,8,10-11H2,1-2H3,(H,18,22)/t15-,16+/m1/s1. The van der Waals surface area contributed by atoms with Crippen LogP contribution >= 0.6 is 0 Å². The van der Waals surface area contributed by atoms with Crippen molar-refractivity contribution < 1.29 is 4.79 Å². The van der Waals surface area contributed by atoms with Crippen molar-refractivity contribution in [3.8, 4) is 0 Å². The second kappa shape index (κ2) is 6.32. The third kappa shape index (κ3) is 3.20. The Balaban J connectivity index is 1.67. The van der Waals surface area contributed by atoms with Gasteiger partial charge in [-0.05, 0) is 12.6 Å². The maximum absolute atomic E-state index is 12.6. The largest absolute Gasteiger partial charge is 0.350 e. The Morgan fingerprint density at radius 1 is 1.27 bits per heavy atom. The highest BCUT2D eigenvalue weighted by atomic mass is 16.1. The molecule has 22 heavy (non-hydrogen) atoms. The van der Waals surface area contributed by atoms with Crippen LogP contribution in [0.3, 0.4) is 0 Å². The van der Waals surface area contributed by atoms with Gasteiger partial charge < -0.3 is 14.8 Å². The molecule has 2 atom stereocenters. The molecule has 0 unspecified atom stereocenters. The van der Waals surface area contributed by atoms with Crippen molar-refractivity contribution >= 4 is 5.91 Å². The minimum Gasteiger partial charge on any atom is -0.350 e. The Morgan fingerprint density at radius 3 is 2.73 bits per heavy atom. The Labute approximate surface area is 131 Å². The van der Waals surface area contributed by atoms with Gasteiger partial charge in [-0.1, -0.05) is 30.3 Å². The van der Waals surface area contributed by atoms with E-state index in [1.54, 1.807) is 6.33 Å². The van der Waals surface area contributed by atoms with E-state index in [4.69, 9.17) is 0 Å². The zero-order valence-electron chi connectivity index (χ0n) is 13.1. The molecule has 116 valence electrons. The van der Waals surface area contributed by atoms with Crippen LogP contribution < -0.4 is 5.32 Å². The van der Waals surface area contributed by atoms with E-state index in [0.717, 1.165) is 18.8 Å². The van der Waals surface area contributed by atoms with Crippen molar-refractivity contribution in [2.24, 2.45) is 13.0 Å². The lowest BCUT2D eigenvalue weighted by Gasteiger charge is -2.18. The maximum Gasteiger partial charge on any atom is 0.225 e. The summed E-state index contributed by atoms with van der Waals surface area (Å²) in [5, 5.41) is 3.03. The first-order valence-electron chi connectivity index (χ1n) is 7.61. The van der Waals surface area contributed by atoms with E-state index < -0.39 is 0 Å². The van der Waals surface area contributed by atoms with E-state index in [1.807, 2.05) is 36.0 Å². The molecule has 0 radical (unpaired) electrons. The molecule has 1 N–H and O–H groups in total. The quantitative estimate of drug-likeness (QED) is 0.928. The van der Waals surface area contributed by atoms with E-state index in [0.29, 0.717) is 6.54 Å². The minimum absolute atomic E-state index is 0.00360. The van der Waals surface area contributed by atoms with Gasteiger partial charge in [-0.15, -0.1) is 0 Å². The first kappa shape index (κ1) is 14.8. The summed E-state index contributed by atoms with van der Waals surface area (Å²) in [5.41, 5.74) is 2.13. The Kier molecular flexibility index (Phi) is 4.24. The number of benzene rings is 1. The van der Waals surface area contributed by atoms with Crippen molar-refractivity contribution in [1.82, 2.24) is 19.8 Å². The number of amides is 1. The number of likely N-dealkylation sites (tertiary alicyclic amines) is 1. The molecule has 1 aromatic carbocycles. The summed E-state index contributed by atoms with van der Waals surface area (Å²) in [6, 6.07) is 10.3. The second-order valence-electron chi connectivity index (χ2n) is 6.09. The molecule has 5 heteroatoms. The van der Waals surface area contributed by atoms with Gasteiger partial charge in [0, 0.05) is 32.3 Å². The first-order valence-corrected chi connectivity index (χ1v) is 7.61. The average Bonchev–Trinajstić information content (AvgIpc) is 3.11. The van der Waals surface area contributed by atoms with Gasteiger partial charge in [0.05, 0.1) is 24.5 Å². The van der Waals surface area contributed by atoms with E-state index >= 15 is 0 Å². The van der Waals surface area contributed by atoms with E-state index in [2.05, 4.69) is 34.4 Å². The number of hydrogen-bond donors (Lipinski definition) is 1. The summed E-state index contributed by atoms with van der Waals surface area (Å²) in [5.74, 6) is 0.370. The zero-order chi connectivity index (χ0) is 15.5. The smallest absolute Gasteiger partial charge is 0.225 e. The number of nitrogens with one attached hydrogen (secondary N) is 1. The normalized spacial score (nSPS) is 21.9. The molecule has 2 heterocycles. The third-order valence-electron chi connectivity index (χ3n) is 4.27. The topological polar surface area (TPSA) is 50.2 Å². The number of aromatic nitrogens is 2. The lowest BCUT2D eigenvalue weighted by atomic mass is 9.88. The number of aryl methyl sites for hydroxylation is 1. The molecule has 0 spiro atoms. The maximum atomic E-state index is 12.6. The number of rotatable bonds is 4. The van der Waals surface area contributed by atoms with E-state index in [1.165, 1.54) is 5.56 Å². The minimum atomic E-state index is -0.00360. The third-order valence-corrected chi connectivity index (χ3v) is 4.27. The van der Waals surface area contributed by atoms with Gasteiger partial charge in [0.2, 0.25) is 5.91 Å². The molecule has 1 amide bonds. The molecule has 1 fully saturated rings. The SMILES string of the molecule is CN1C[C@H](C(=O)NCc2cn(C)cn2)[C@@H](c2ccccc2)C1. The highest BCUT2D eigenvalue weighted by molar-refractivity contribution is 5.80. The number of hydrogen-bond acceptors (Lipinski definition) is 3. The molecule has 0 aliphatic carbocycles. The molecule has 0 saturated carbocycles. The fraction of sp³-hybridized carbons (Fsp3) is 0.412. The van der Waals surface area contributed by atoms with Crippen LogP contribution in [-0.4, -0.2) is 40.5 Å². The van der Waals surface area contributed by atoms with Gasteiger partial charge >= 0.3 is 0 Å². The van der Waals surface area contributed by atoms with Crippen molar-refractivity contribution in [2.45, 2.75) is 12.5 Å². The summed E-state index contributed by atoms with van der Waals surface area (Å²) in [7, 11) is 4.00. The fourth-order valence-electron chi connectivity index (χ4n) is 3.17. The molecule has 3 rings (SSSR count). The van der Waals surface area contributed by atoms with Crippen LogP contribution in [0.1, 0.15) is 17.2 Å². The highest BCUT2D eigenvalue weighted by Gasteiger charge is 2.36. The number of nitrogens with zero attached hydrogens (tertiary/aromatic N) is 3. The summed E-state index contributed by atoms with van der Waals surface area (Å²) < 4.78 is 1.89. The number of carbonyl (C=O) groups excluding carboxylic acids is 1. The van der Waals surface area contributed by atoms with Gasteiger partial charge in [0.25, 0.3) is 0 Å². The zero-order valence-corrected chi connectivity index (χ0v) is 13.1. The van der Waals surface area contributed by atoms with Crippen molar-refractivity contribution in [3.05, 3.63) is 54.1 Å². The summed E-state index contributed by atoms with van der Waals surface area (Å²) >= 11 is 0. The molecule has 5 nitrogen and oxygen atoms in total. The van der Waals surface area contributed by atoms with Crippen LogP contribution in [-0.2, 0) is 18.4 Å². The molecule has 2 aromatic rings. The van der Waals surface area contributed by atoms with Crippen LogP contribution in [0.2, 0.25) is 0 Å². The molecule has 1 saturated heterocycles. The Morgan fingerprint density at radius 2 is 2.05 bits per heavy atom. The van der Waals surface area contributed by atoms with Gasteiger partial charge in [-0.2, -0.15) is 0 Å². The van der Waals surface area contributed by atoms with Gasteiger partial charge in [0.15, 0.2) is 0 Å². The Bertz CT molecular complexity index is 637. The van der Waals surface area contributed by atoms with Crippen LogP contribution in [0, 0.1) is 5.92 Å². The lowest BCUT2D eigenvalue weighted by Crippen LogP contribution is -2.34. The Hall–Kier alpha value is -2.14. The van der Waals surface area contributed by atoms with E-state index in [-0.39, 0.29) is 17.7 Å². The van der Waals surface area contributed by atoms with Gasteiger partial charge in [-0.25, -0.2) is 4.98 Å². The predicted octanol–water partition coefficient (Wildman–Crippen LogP) is 1.38. The monoisotopic (exact) mass is 298 g/mol. The van der Waals surface area contributed by atoms with Crippen LogP contribution in [0.4, 0.5) is 0 Å². The van der Waals surface area contributed by atoms with Crippen LogP contribution in [0.15, 0.2) is 42.9 Å². The van der Waals surface area contributed by atoms with E-state index in [9.17, 15) is 4.79 Å². The van der Waals surface area contributed by atoms with Crippen LogP contribution in [0.25, 0.3) is 0 Å². The number of carbonyl (C=O) groups is 1.